The van der Waals surface area contributed by atoms with Crippen molar-refractivity contribution in [1.29, 1.82) is 0 Å². The second kappa shape index (κ2) is 5.07. The Morgan fingerprint density at radius 2 is 2.00 bits per heavy atom. The third-order valence-electron chi connectivity index (χ3n) is 2.89. The predicted molar refractivity (Wildman–Crippen MR) is 60.4 cm³/mol. The zero-order valence-electron chi connectivity index (χ0n) is 8.95. The van der Waals surface area contributed by atoms with Crippen LogP contribution in [-0.2, 0) is 6.54 Å². The van der Waals surface area contributed by atoms with Crippen molar-refractivity contribution in [3.63, 3.8) is 0 Å². The quantitative estimate of drug-likeness (QED) is 0.789. The molecule has 0 spiro atoms. The first-order valence-electron chi connectivity index (χ1n) is 5.67. The van der Waals surface area contributed by atoms with E-state index in [0.29, 0.717) is 12.6 Å². The van der Waals surface area contributed by atoms with Gasteiger partial charge in [-0.15, -0.1) is 5.10 Å². The van der Waals surface area contributed by atoms with Gasteiger partial charge in [0, 0.05) is 12.6 Å². The highest BCUT2D eigenvalue weighted by atomic mass is 15.2. The van der Waals surface area contributed by atoms with Crippen molar-refractivity contribution in [2.45, 2.75) is 44.7 Å². The van der Waals surface area contributed by atoms with E-state index < -0.39 is 0 Å². The molecule has 15 heavy (non-hydrogen) atoms. The molecule has 1 aromatic rings. The van der Waals surface area contributed by atoms with Crippen LogP contribution in [0.25, 0.3) is 0 Å². The number of hydrogen-bond donors (Lipinski definition) is 2. The van der Waals surface area contributed by atoms with Crippen LogP contribution < -0.4 is 11.1 Å². The Morgan fingerprint density at radius 3 is 2.60 bits per heavy atom. The van der Waals surface area contributed by atoms with Crippen LogP contribution in [0.5, 0.6) is 0 Å². The van der Waals surface area contributed by atoms with Gasteiger partial charge in [-0.3, -0.25) is 0 Å². The van der Waals surface area contributed by atoms with Crippen molar-refractivity contribution in [3.8, 4) is 0 Å². The molecule has 0 amide bonds. The van der Waals surface area contributed by atoms with Crippen molar-refractivity contribution in [3.05, 3.63) is 17.8 Å². The molecule has 2 rings (SSSR count). The average Bonchev–Trinajstić information content (AvgIpc) is 2.31. The lowest BCUT2D eigenvalue weighted by Gasteiger charge is -2.22. The normalized spacial score (nSPS) is 17.7. The Kier molecular flexibility index (Phi) is 3.50. The van der Waals surface area contributed by atoms with Gasteiger partial charge in [0.15, 0.2) is 0 Å². The Morgan fingerprint density at radius 1 is 1.20 bits per heavy atom. The summed E-state index contributed by atoms with van der Waals surface area (Å²) in [6, 6.07) is 4.47. The van der Waals surface area contributed by atoms with E-state index in [2.05, 4.69) is 15.5 Å². The summed E-state index contributed by atoms with van der Waals surface area (Å²) in [7, 11) is 0. The Bertz CT molecular complexity index is 290. The lowest BCUT2D eigenvalue weighted by Crippen LogP contribution is -2.23. The number of aromatic nitrogens is 2. The molecule has 1 fully saturated rings. The van der Waals surface area contributed by atoms with E-state index in [-0.39, 0.29) is 0 Å². The minimum Gasteiger partial charge on any atom is -0.366 e. The van der Waals surface area contributed by atoms with Crippen LogP contribution in [-0.4, -0.2) is 16.2 Å². The maximum absolute atomic E-state index is 5.46. The molecule has 4 heteroatoms. The number of hydrogen-bond acceptors (Lipinski definition) is 4. The third-order valence-corrected chi connectivity index (χ3v) is 2.89. The lowest BCUT2D eigenvalue weighted by molar-refractivity contribution is 0.461. The maximum atomic E-state index is 5.46. The van der Waals surface area contributed by atoms with Gasteiger partial charge in [-0.2, -0.15) is 5.10 Å². The van der Waals surface area contributed by atoms with Gasteiger partial charge in [0.1, 0.15) is 5.82 Å². The molecule has 0 bridgehead atoms. The number of nitrogens with one attached hydrogen (secondary N) is 1. The highest BCUT2D eigenvalue weighted by Crippen LogP contribution is 2.20. The fourth-order valence-electron chi connectivity index (χ4n) is 2.00. The van der Waals surface area contributed by atoms with Gasteiger partial charge in [0.25, 0.3) is 0 Å². The first kappa shape index (κ1) is 10.4. The second-order valence-corrected chi connectivity index (χ2v) is 4.09. The van der Waals surface area contributed by atoms with E-state index in [0.717, 1.165) is 11.5 Å². The van der Waals surface area contributed by atoms with Gasteiger partial charge in [-0.25, -0.2) is 0 Å². The molecule has 82 valence electrons. The molecule has 0 atom stereocenters. The fraction of sp³-hybridized carbons (Fsp3) is 0.636. The molecule has 0 aromatic carbocycles. The first-order chi connectivity index (χ1) is 7.38. The summed E-state index contributed by atoms with van der Waals surface area (Å²) in [5.74, 6) is 0.874. The van der Waals surface area contributed by atoms with Gasteiger partial charge < -0.3 is 11.1 Å². The van der Waals surface area contributed by atoms with E-state index in [4.69, 9.17) is 5.73 Å². The molecule has 1 aliphatic rings. The summed E-state index contributed by atoms with van der Waals surface area (Å²) >= 11 is 0. The van der Waals surface area contributed by atoms with Crippen LogP contribution >= 0.6 is 0 Å². The van der Waals surface area contributed by atoms with E-state index in [1.54, 1.807) is 0 Å². The maximum Gasteiger partial charge on any atom is 0.148 e. The topological polar surface area (TPSA) is 63.8 Å². The number of anilines is 1. The summed E-state index contributed by atoms with van der Waals surface area (Å²) in [6.45, 7) is 0.455. The van der Waals surface area contributed by atoms with Crippen molar-refractivity contribution >= 4 is 5.82 Å². The van der Waals surface area contributed by atoms with Crippen LogP contribution in [0.15, 0.2) is 12.1 Å². The standard InChI is InChI=1S/C11H18N4/c12-8-10-6-7-11(15-14-10)13-9-4-2-1-3-5-9/h6-7,9H,1-5,8,12H2,(H,13,15). The number of nitrogens with zero attached hydrogens (tertiary/aromatic N) is 2. The first-order valence-corrected chi connectivity index (χ1v) is 5.67. The van der Waals surface area contributed by atoms with Gasteiger partial charge >= 0.3 is 0 Å². The third kappa shape index (κ3) is 2.89. The zero-order chi connectivity index (χ0) is 10.5. The molecule has 0 aliphatic heterocycles. The lowest BCUT2D eigenvalue weighted by atomic mass is 9.95. The Balaban J connectivity index is 1.91. The van der Waals surface area contributed by atoms with Gasteiger partial charge in [0.2, 0.25) is 0 Å². The Hall–Kier alpha value is -1.16. The summed E-state index contributed by atoms with van der Waals surface area (Å²) in [5, 5.41) is 11.5. The van der Waals surface area contributed by atoms with Gasteiger partial charge in [-0.05, 0) is 25.0 Å². The minimum absolute atomic E-state index is 0.455. The molecule has 0 saturated heterocycles. The highest BCUT2D eigenvalue weighted by molar-refractivity contribution is 5.34. The van der Waals surface area contributed by atoms with Crippen LogP contribution in [0.2, 0.25) is 0 Å². The highest BCUT2D eigenvalue weighted by Gasteiger charge is 2.13. The molecule has 3 N–H and O–H groups in total. The molecular weight excluding hydrogens is 188 g/mol. The second-order valence-electron chi connectivity index (χ2n) is 4.09. The number of rotatable bonds is 3. The molecule has 1 heterocycles. The van der Waals surface area contributed by atoms with Gasteiger partial charge in [-0.1, -0.05) is 19.3 Å². The van der Waals surface area contributed by atoms with Crippen LogP contribution in [0.1, 0.15) is 37.8 Å². The molecule has 4 nitrogen and oxygen atoms in total. The Labute approximate surface area is 90.3 Å². The molecular formula is C11H18N4. The average molecular weight is 206 g/mol. The summed E-state index contributed by atoms with van der Waals surface area (Å²) in [4.78, 5) is 0. The molecule has 1 saturated carbocycles. The molecule has 0 radical (unpaired) electrons. The van der Waals surface area contributed by atoms with E-state index in [1.807, 2.05) is 12.1 Å². The van der Waals surface area contributed by atoms with Crippen LogP contribution in [0.4, 0.5) is 5.82 Å². The van der Waals surface area contributed by atoms with E-state index >= 15 is 0 Å². The summed E-state index contributed by atoms with van der Waals surface area (Å²) in [5.41, 5.74) is 6.30. The van der Waals surface area contributed by atoms with Crippen molar-refractivity contribution < 1.29 is 0 Å². The molecule has 1 aromatic heterocycles. The molecule has 0 unspecified atom stereocenters. The van der Waals surface area contributed by atoms with Crippen molar-refractivity contribution in [2.24, 2.45) is 5.73 Å². The predicted octanol–water partition coefficient (Wildman–Crippen LogP) is 1.68. The SMILES string of the molecule is NCc1ccc(NC2CCCCC2)nn1. The largest absolute Gasteiger partial charge is 0.366 e. The number of nitrogens with two attached hydrogens (primary N) is 1. The van der Waals surface area contributed by atoms with Crippen molar-refractivity contribution in [1.82, 2.24) is 10.2 Å². The summed E-state index contributed by atoms with van der Waals surface area (Å²) in [6.07, 6.45) is 6.52. The zero-order valence-corrected chi connectivity index (χ0v) is 8.95. The molecule has 1 aliphatic carbocycles. The van der Waals surface area contributed by atoms with Gasteiger partial charge in [0.05, 0.1) is 5.69 Å². The monoisotopic (exact) mass is 206 g/mol. The summed E-state index contributed by atoms with van der Waals surface area (Å²) < 4.78 is 0. The smallest absolute Gasteiger partial charge is 0.148 e. The van der Waals surface area contributed by atoms with E-state index in [9.17, 15) is 0 Å². The van der Waals surface area contributed by atoms with E-state index in [1.165, 1.54) is 32.1 Å². The van der Waals surface area contributed by atoms with Crippen LogP contribution in [0.3, 0.4) is 0 Å². The van der Waals surface area contributed by atoms with Crippen LogP contribution in [0, 0.1) is 0 Å². The van der Waals surface area contributed by atoms with Crippen molar-refractivity contribution in [2.75, 3.05) is 5.32 Å². The fourth-order valence-corrected chi connectivity index (χ4v) is 2.00. The minimum atomic E-state index is 0.455.